The molecule has 0 amide bonds. The van der Waals surface area contributed by atoms with Gasteiger partial charge in [0.25, 0.3) is 0 Å². The van der Waals surface area contributed by atoms with E-state index in [0.29, 0.717) is 6.42 Å². The molecule has 25 heavy (non-hydrogen) atoms. The van der Waals surface area contributed by atoms with Crippen molar-refractivity contribution in [2.75, 3.05) is 0 Å². The number of allylic oxidation sites excluding steroid dienone is 4. The molecular weight excluding hydrogens is 444 g/mol. The van der Waals surface area contributed by atoms with Crippen molar-refractivity contribution in [3.05, 3.63) is 84.8 Å². The second kappa shape index (κ2) is 4.89. The molecule has 4 heteroatoms. The topological polar surface area (TPSA) is 34.1 Å². The molecule has 2 nitrogen and oxygen atoms in total. The highest BCUT2D eigenvalue weighted by atomic mass is 79.9. The van der Waals surface area contributed by atoms with Gasteiger partial charge >= 0.3 is 0 Å². The molecule has 2 aromatic rings. The van der Waals surface area contributed by atoms with Crippen molar-refractivity contribution in [3.8, 4) is 0 Å². The molecule has 0 fully saturated rings. The second-order valence-corrected chi connectivity index (χ2v) is 8.83. The summed E-state index contributed by atoms with van der Waals surface area (Å²) in [5.74, 6) is 0.157. The molecule has 2 aromatic carbocycles. The average molecular weight is 456 g/mol. The first-order valence-corrected chi connectivity index (χ1v) is 9.63. The van der Waals surface area contributed by atoms with E-state index >= 15 is 0 Å². The fraction of sp³-hybridized carbons (Fsp3) is 0.143. The number of halogens is 2. The van der Waals surface area contributed by atoms with Gasteiger partial charge in [-0.25, -0.2) is 0 Å². The number of benzene rings is 2. The summed E-state index contributed by atoms with van der Waals surface area (Å²) in [6.45, 7) is 2.08. The monoisotopic (exact) mass is 454 g/mol. The fourth-order valence-corrected chi connectivity index (χ4v) is 5.09. The lowest BCUT2D eigenvalue weighted by Crippen LogP contribution is -2.26. The molecular formula is C21H12Br2O2. The third-order valence-corrected chi connectivity index (χ3v) is 6.58. The van der Waals surface area contributed by atoms with Crippen LogP contribution in [0.1, 0.15) is 45.2 Å². The summed E-state index contributed by atoms with van der Waals surface area (Å²) in [7, 11) is 0. The van der Waals surface area contributed by atoms with Crippen LogP contribution in [0, 0.1) is 0 Å². The zero-order valence-electron chi connectivity index (χ0n) is 13.3. The van der Waals surface area contributed by atoms with Gasteiger partial charge in [-0.1, -0.05) is 50.9 Å². The molecule has 0 spiro atoms. The number of carbonyl (C=O) groups excluding carboxylic acids is 2. The van der Waals surface area contributed by atoms with Crippen molar-refractivity contribution in [2.45, 2.75) is 18.8 Å². The Kier molecular flexibility index (Phi) is 3.03. The summed E-state index contributed by atoms with van der Waals surface area (Å²) in [6.07, 6.45) is 2.52. The van der Waals surface area contributed by atoms with Gasteiger partial charge in [-0.05, 0) is 53.5 Å². The highest BCUT2D eigenvalue weighted by molar-refractivity contribution is 9.10. The highest BCUT2D eigenvalue weighted by Gasteiger charge is 2.49. The lowest BCUT2D eigenvalue weighted by Gasteiger charge is -2.30. The third kappa shape index (κ3) is 1.90. The Hall–Kier alpha value is -1.78. The van der Waals surface area contributed by atoms with Crippen molar-refractivity contribution in [1.29, 1.82) is 0 Å². The first-order valence-electron chi connectivity index (χ1n) is 8.05. The molecule has 5 rings (SSSR count). The van der Waals surface area contributed by atoms with E-state index in [2.05, 4.69) is 38.8 Å². The van der Waals surface area contributed by atoms with Crippen molar-refractivity contribution in [2.24, 2.45) is 0 Å². The van der Waals surface area contributed by atoms with Crippen molar-refractivity contribution in [1.82, 2.24) is 0 Å². The number of ketones is 2. The quantitative estimate of drug-likeness (QED) is 0.514. The Labute approximate surface area is 161 Å². The zero-order valence-corrected chi connectivity index (χ0v) is 16.5. The summed E-state index contributed by atoms with van der Waals surface area (Å²) in [4.78, 5) is 26.0. The van der Waals surface area contributed by atoms with Crippen molar-refractivity contribution in [3.63, 3.8) is 0 Å². The lowest BCUT2D eigenvalue weighted by atomic mass is 9.71. The Morgan fingerprint density at radius 3 is 2.32 bits per heavy atom. The molecule has 3 aliphatic carbocycles. The third-order valence-electron chi connectivity index (χ3n) is 5.59. The van der Waals surface area contributed by atoms with Gasteiger partial charge in [0.05, 0.1) is 0 Å². The predicted molar refractivity (Wildman–Crippen MR) is 104 cm³/mol. The Morgan fingerprint density at radius 1 is 0.880 bits per heavy atom. The smallest absolute Gasteiger partial charge is 0.190 e. The van der Waals surface area contributed by atoms with E-state index in [1.54, 1.807) is 0 Å². The maximum atomic E-state index is 13.0. The number of carbonyl (C=O) groups is 2. The Morgan fingerprint density at radius 2 is 1.56 bits per heavy atom. The SMILES string of the molecule is CC12CC3=C(C=C1C(=O)c1cc(Br)ccc12)c1ccc(Br)cc1C3=O. The van der Waals surface area contributed by atoms with E-state index in [4.69, 9.17) is 0 Å². The van der Waals surface area contributed by atoms with Crippen LogP contribution < -0.4 is 0 Å². The minimum atomic E-state index is -0.430. The Bertz CT molecular complexity index is 1090. The van der Waals surface area contributed by atoms with Crippen LogP contribution in [0.4, 0.5) is 0 Å². The lowest BCUT2D eigenvalue weighted by molar-refractivity contribution is 0.101. The summed E-state index contributed by atoms with van der Waals surface area (Å²) >= 11 is 6.90. The molecule has 1 unspecified atom stereocenters. The Balaban J connectivity index is 1.74. The predicted octanol–water partition coefficient (Wildman–Crippen LogP) is 5.65. The van der Waals surface area contributed by atoms with Gasteiger partial charge in [-0.15, -0.1) is 0 Å². The molecule has 0 saturated heterocycles. The van der Waals surface area contributed by atoms with Crippen LogP contribution >= 0.6 is 31.9 Å². The maximum absolute atomic E-state index is 13.0. The largest absolute Gasteiger partial charge is 0.289 e. The van der Waals surface area contributed by atoms with Gasteiger partial charge in [0.2, 0.25) is 0 Å². The number of Topliss-reactive ketones (excluding diaryl/α,β-unsaturated/α-hetero) is 2. The molecule has 0 heterocycles. The van der Waals surface area contributed by atoms with Crippen LogP contribution in [-0.4, -0.2) is 11.6 Å². The van der Waals surface area contributed by atoms with E-state index in [1.807, 2.05) is 42.5 Å². The van der Waals surface area contributed by atoms with Gasteiger partial charge in [-0.2, -0.15) is 0 Å². The van der Waals surface area contributed by atoms with E-state index < -0.39 is 5.41 Å². The van der Waals surface area contributed by atoms with Crippen LogP contribution in [0.3, 0.4) is 0 Å². The first-order chi connectivity index (χ1) is 11.9. The van der Waals surface area contributed by atoms with Gasteiger partial charge in [0.15, 0.2) is 11.6 Å². The normalized spacial score (nSPS) is 23.2. The summed E-state index contributed by atoms with van der Waals surface area (Å²) in [5.41, 5.74) is 5.52. The zero-order chi connectivity index (χ0) is 17.5. The van der Waals surface area contributed by atoms with E-state index in [1.165, 1.54) is 0 Å². The summed E-state index contributed by atoms with van der Waals surface area (Å²) < 4.78 is 1.79. The number of rotatable bonds is 0. The summed E-state index contributed by atoms with van der Waals surface area (Å²) in [6, 6.07) is 11.6. The van der Waals surface area contributed by atoms with E-state index in [-0.39, 0.29) is 11.6 Å². The molecule has 3 aliphatic rings. The first kappa shape index (κ1) is 15.5. The maximum Gasteiger partial charge on any atom is 0.190 e. The standard InChI is InChI=1S/C21H12Br2O2/c1-21-9-16-13(12-4-2-10(22)6-14(12)19(16)24)8-18(21)20(25)15-7-11(23)3-5-17(15)21/h2-8H,9H2,1H3. The van der Waals surface area contributed by atoms with Crippen molar-refractivity contribution < 1.29 is 9.59 Å². The molecule has 0 aromatic heterocycles. The van der Waals surface area contributed by atoms with Gasteiger partial charge in [0, 0.05) is 36.6 Å². The molecule has 0 saturated carbocycles. The van der Waals surface area contributed by atoms with Gasteiger partial charge < -0.3 is 0 Å². The minimum Gasteiger partial charge on any atom is -0.289 e. The average Bonchev–Trinajstić information content (AvgIpc) is 2.96. The van der Waals surface area contributed by atoms with E-state index in [0.717, 1.165) is 47.9 Å². The number of hydrogen-bond acceptors (Lipinski definition) is 2. The van der Waals surface area contributed by atoms with Crippen LogP contribution in [0.15, 0.2) is 62.6 Å². The van der Waals surface area contributed by atoms with E-state index in [9.17, 15) is 9.59 Å². The summed E-state index contributed by atoms with van der Waals surface area (Å²) in [5, 5.41) is 0. The number of fused-ring (bicyclic) bond motifs is 5. The second-order valence-electron chi connectivity index (χ2n) is 7.00. The molecule has 0 N–H and O–H groups in total. The van der Waals surface area contributed by atoms with Crippen molar-refractivity contribution >= 4 is 49.0 Å². The van der Waals surface area contributed by atoms with Crippen LogP contribution in [0.5, 0.6) is 0 Å². The van der Waals surface area contributed by atoms with Gasteiger partial charge in [-0.3, -0.25) is 9.59 Å². The number of hydrogen-bond donors (Lipinski definition) is 0. The van der Waals surface area contributed by atoms with Crippen LogP contribution in [0.25, 0.3) is 5.57 Å². The molecule has 122 valence electrons. The highest BCUT2D eigenvalue weighted by Crippen LogP contribution is 2.54. The van der Waals surface area contributed by atoms with Gasteiger partial charge in [0.1, 0.15) is 0 Å². The molecule has 1 atom stereocenters. The molecule has 0 bridgehead atoms. The minimum absolute atomic E-state index is 0.0726. The van der Waals surface area contributed by atoms with Crippen LogP contribution in [-0.2, 0) is 5.41 Å². The van der Waals surface area contributed by atoms with Crippen LogP contribution in [0.2, 0.25) is 0 Å². The fourth-order valence-electron chi connectivity index (χ4n) is 4.37. The molecule has 0 aliphatic heterocycles. The molecule has 0 radical (unpaired) electrons.